The normalized spacial score (nSPS) is 19.1. The Morgan fingerprint density at radius 1 is 1.27 bits per heavy atom. The van der Waals surface area contributed by atoms with Crippen molar-refractivity contribution >= 4 is 16.9 Å². The first-order chi connectivity index (χ1) is 14.4. The first kappa shape index (κ1) is 18.6. The number of ether oxygens (including phenoxy) is 1. The molecule has 3 aromatic rings. The van der Waals surface area contributed by atoms with E-state index >= 15 is 0 Å². The predicted octanol–water partition coefficient (Wildman–Crippen LogP) is 2.62. The number of aliphatic hydroxyl groups is 1. The fraction of sp³-hybridized carbons (Fsp3) is 0.292. The molecule has 6 nitrogen and oxygen atoms in total. The second-order valence-electron chi connectivity index (χ2n) is 7.75. The van der Waals surface area contributed by atoms with E-state index in [0.29, 0.717) is 29.1 Å². The number of esters is 1. The van der Waals surface area contributed by atoms with Crippen LogP contribution in [0.2, 0.25) is 0 Å². The van der Waals surface area contributed by atoms with Crippen LogP contribution in [0, 0.1) is 12.3 Å². The predicted molar refractivity (Wildman–Crippen MR) is 112 cm³/mol. The van der Waals surface area contributed by atoms with Gasteiger partial charge in [-0.2, -0.15) is 0 Å². The van der Waals surface area contributed by atoms with Crippen molar-refractivity contribution in [1.82, 2.24) is 9.55 Å². The van der Waals surface area contributed by atoms with E-state index in [0.717, 1.165) is 34.0 Å². The minimum Gasteiger partial charge on any atom is -0.458 e. The van der Waals surface area contributed by atoms with Crippen LogP contribution in [-0.4, -0.2) is 20.6 Å². The van der Waals surface area contributed by atoms with Crippen molar-refractivity contribution in [2.24, 2.45) is 0 Å². The first-order valence-electron chi connectivity index (χ1n) is 10.0. The molecule has 1 N–H and O–H groups in total. The van der Waals surface area contributed by atoms with Crippen LogP contribution in [0.25, 0.3) is 22.3 Å². The molecule has 30 heavy (non-hydrogen) atoms. The molecule has 1 atom stereocenters. The molecule has 0 amide bonds. The summed E-state index contributed by atoms with van der Waals surface area (Å²) in [6.45, 7) is 4.02. The summed E-state index contributed by atoms with van der Waals surface area (Å²) >= 11 is 0. The van der Waals surface area contributed by atoms with E-state index in [-0.39, 0.29) is 18.6 Å². The van der Waals surface area contributed by atoms with Gasteiger partial charge in [0.25, 0.3) is 5.56 Å². The highest BCUT2D eigenvalue weighted by molar-refractivity contribution is 5.89. The van der Waals surface area contributed by atoms with Gasteiger partial charge in [0.1, 0.15) is 6.61 Å². The molecule has 0 aliphatic carbocycles. The highest BCUT2D eigenvalue weighted by Crippen LogP contribution is 2.40. The third-order valence-corrected chi connectivity index (χ3v) is 6.33. The fourth-order valence-electron chi connectivity index (χ4n) is 4.66. The topological polar surface area (TPSA) is 81.4 Å². The van der Waals surface area contributed by atoms with Crippen LogP contribution in [0.15, 0.2) is 29.1 Å². The Kier molecular flexibility index (Phi) is 3.89. The van der Waals surface area contributed by atoms with E-state index in [9.17, 15) is 14.7 Å². The Bertz CT molecular complexity index is 1360. The van der Waals surface area contributed by atoms with Crippen LogP contribution in [0.1, 0.15) is 48.1 Å². The summed E-state index contributed by atoms with van der Waals surface area (Å²) in [6, 6.07) is 7.44. The van der Waals surface area contributed by atoms with Gasteiger partial charge in [0.2, 0.25) is 0 Å². The molecule has 0 spiro atoms. The van der Waals surface area contributed by atoms with Gasteiger partial charge in [0.15, 0.2) is 5.60 Å². The van der Waals surface area contributed by atoms with Gasteiger partial charge >= 0.3 is 5.97 Å². The number of fused-ring (bicyclic) bond motifs is 5. The second kappa shape index (κ2) is 6.28. The minimum atomic E-state index is -1.82. The Balaban J connectivity index is 1.83. The van der Waals surface area contributed by atoms with Crippen molar-refractivity contribution < 1.29 is 14.6 Å². The summed E-state index contributed by atoms with van der Waals surface area (Å²) < 4.78 is 6.78. The average molecular weight is 400 g/mol. The van der Waals surface area contributed by atoms with Gasteiger partial charge in [0.05, 0.1) is 29.0 Å². The SMILES string of the molecule is C#Cc1ccc2nc3c(c(CC)c2c1)Cn1c-3cc2c(c1=O)COC(=O)[C@]2(O)CC. The van der Waals surface area contributed by atoms with E-state index in [4.69, 9.17) is 16.1 Å². The zero-order valence-electron chi connectivity index (χ0n) is 16.8. The first-order valence-corrected chi connectivity index (χ1v) is 10.0. The number of rotatable bonds is 2. The molecule has 5 rings (SSSR count). The van der Waals surface area contributed by atoms with Crippen molar-refractivity contribution in [1.29, 1.82) is 0 Å². The van der Waals surface area contributed by atoms with Gasteiger partial charge in [-0.05, 0) is 42.7 Å². The quantitative estimate of drug-likeness (QED) is 0.413. The lowest BCUT2D eigenvalue weighted by Crippen LogP contribution is -2.44. The number of hydrogen-bond acceptors (Lipinski definition) is 5. The highest BCUT2D eigenvalue weighted by Gasteiger charge is 2.45. The highest BCUT2D eigenvalue weighted by atomic mass is 16.6. The average Bonchev–Trinajstić information content (AvgIpc) is 3.13. The Hall–Kier alpha value is -3.43. The molecule has 150 valence electrons. The van der Waals surface area contributed by atoms with Crippen LogP contribution in [0.5, 0.6) is 0 Å². The van der Waals surface area contributed by atoms with Crippen molar-refractivity contribution in [3.8, 4) is 23.7 Å². The van der Waals surface area contributed by atoms with Crippen molar-refractivity contribution in [2.45, 2.75) is 45.4 Å². The Morgan fingerprint density at radius 2 is 2.07 bits per heavy atom. The number of cyclic esters (lactones) is 1. The molecule has 1 aromatic carbocycles. The van der Waals surface area contributed by atoms with E-state index in [1.807, 2.05) is 18.2 Å². The number of hydrogen-bond donors (Lipinski definition) is 1. The van der Waals surface area contributed by atoms with Crippen LogP contribution in [-0.2, 0) is 34.7 Å². The minimum absolute atomic E-state index is 0.120. The summed E-state index contributed by atoms with van der Waals surface area (Å²) in [6.07, 6.45) is 6.46. The number of carbonyl (C=O) groups is 1. The van der Waals surface area contributed by atoms with Crippen molar-refractivity contribution in [2.75, 3.05) is 0 Å². The molecule has 2 aromatic heterocycles. The zero-order valence-corrected chi connectivity index (χ0v) is 16.8. The Labute approximate surface area is 173 Å². The molecule has 4 heterocycles. The van der Waals surface area contributed by atoms with Gasteiger partial charge < -0.3 is 14.4 Å². The van der Waals surface area contributed by atoms with Gasteiger partial charge in [-0.15, -0.1) is 6.42 Å². The molecule has 0 unspecified atom stereocenters. The molecule has 0 saturated heterocycles. The maximum atomic E-state index is 13.3. The molecule has 2 aliphatic heterocycles. The fourth-order valence-corrected chi connectivity index (χ4v) is 4.66. The number of benzene rings is 1. The van der Waals surface area contributed by atoms with Gasteiger partial charge in [-0.1, -0.05) is 19.8 Å². The lowest BCUT2D eigenvalue weighted by Gasteiger charge is -2.31. The summed E-state index contributed by atoms with van der Waals surface area (Å²) in [5.74, 6) is 1.94. The largest absolute Gasteiger partial charge is 0.458 e. The van der Waals surface area contributed by atoms with Gasteiger partial charge in [0, 0.05) is 22.1 Å². The van der Waals surface area contributed by atoms with Crippen molar-refractivity contribution in [3.63, 3.8) is 0 Å². The molecule has 0 radical (unpaired) electrons. The number of carbonyl (C=O) groups excluding carboxylic acids is 1. The smallest absolute Gasteiger partial charge is 0.343 e. The summed E-state index contributed by atoms with van der Waals surface area (Å²) in [4.78, 5) is 30.4. The number of pyridine rings is 2. The van der Waals surface area contributed by atoms with E-state index in [1.165, 1.54) is 0 Å². The lowest BCUT2D eigenvalue weighted by atomic mass is 9.86. The maximum absolute atomic E-state index is 13.3. The number of aryl methyl sites for hydroxylation is 1. The third-order valence-electron chi connectivity index (χ3n) is 6.33. The molecular formula is C24H20N2O4. The van der Waals surface area contributed by atoms with E-state index in [1.54, 1.807) is 17.6 Å². The lowest BCUT2D eigenvalue weighted by molar-refractivity contribution is -0.172. The molecule has 0 bridgehead atoms. The van der Waals surface area contributed by atoms with Crippen LogP contribution >= 0.6 is 0 Å². The molecular weight excluding hydrogens is 380 g/mol. The molecule has 0 fully saturated rings. The molecule has 0 saturated carbocycles. The number of aromatic nitrogens is 2. The molecule has 6 heteroatoms. The maximum Gasteiger partial charge on any atom is 0.343 e. The third kappa shape index (κ3) is 2.27. The van der Waals surface area contributed by atoms with E-state index < -0.39 is 11.6 Å². The Morgan fingerprint density at radius 3 is 2.77 bits per heavy atom. The monoisotopic (exact) mass is 400 g/mol. The van der Waals surface area contributed by atoms with E-state index in [2.05, 4.69) is 12.8 Å². The number of terminal acetylenes is 1. The van der Waals surface area contributed by atoms with Gasteiger partial charge in [-0.25, -0.2) is 9.78 Å². The summed E-state index contributed by atoms with van der Waals surface area (Å²) in [5.41, 5.74) is 3.57. The second-order valence-corrected chi connectivity index (χ2v) is 7.75. The van der Waals surface area contributed by atoms with Crippen molar-refractivity contribution in [3.05, 3.63) is 62.4 Å². The summed E-state index contributed by atoms with van der Waals surface area (Å²) in [5, 5.41) is 12.0. The number of nitrogens with zero attached hydrogens (tertiary/aromatic N) is 2. The standard InChI is InChI=1S/C24H20N2O4/c1-4-13-7-8-19-15(9-13)14(5-2)16-11-26-20(21(16)25-19)10-18-17(22(26)27)12-30-23(28)24(18,29)6-3/h1,7-10,29H,5-6,11-12H2,2-3H3/t24-/m0/s1. The molecule has 2 aliphatic rings. The van der Waals surface area contributed by atoms with Crippen LogP contribution in [0.4, 0.5) is 0 Å². The summed E-state index contributed by atoms with van der Waals surface area (Å²) in [7, 11) is 0. The van der Waals surface area contributed by atoms with Crippen LogP contribution < -0.4 is 5.56 Å². The zero-order chi connectivity index (χ0) is 21.2. The van der Waals surface area contributed by atoms with Gasteiger partial charge in [-0.3, -0.25) is 4.79 Å². The van der Waals surface area contributed by atoms with Crippen LogP contribution in [0.3, 0.4) is 0 Å².